The molecule has 1 aromatic carbocycles. The van der Waals surface area contributed by atoms with E-state index in [1.54, 1.807) is 4.57 Å². The van der Waals surface area contributed by atoms with Crippen molar-refractivity contribution in [2.75, 3.05) is 13.2 Å². The number of aliphatic hydroxyl groups is 2. The van der Waals surface area contributed by atoms with E-state index in [4.69, 9.17) is 63.2 Å². The number of carbonyl (C=O) groups is 7. The molecule has 2 unspecified atom stereocenters. The molecule has 7 heterocycles. The van der Waals surface area contributed by atoms with E-state index in [1.165, 1.54) is 13.3 Å². The summed E-state index contributed by atoms with van der Waals surface area (Å²) in [5.41, 5.74) is 37.4. The van der Waals surface area contributed by atoms with Gasteiger partial charge in [-0.05, 0) is 108 Å². The molecule has 2 saturated heterocycles. The number of benzene rings is 1. The number of phosphoric ester groups is 1. The molecular weight excluding hydrogens is 1180 g/mol. The van der Waals surface area contributed by atoms with E-state index in [2.05, 4.69) is 15.6 Å². The fourth-order valence-corrected chi connectivity index (χ4v) is 16.6. The van der Waals surface area contributed by atoms with Crippen molar-refractivity contribution in [2.45, 2.75) is 189 Å². The van der Waals surface area contributed by atoms with E-state index in [9.17, 15) is 53.2 Å². The van der Waals surface area contributed by atoms with E-state index in [-0.39, 0.29) is 77.2 Å². The van der Waals surface area contributed by atoms with Crippen molar-refractivity contribution in [1.82, 2.24) is 20.2 Å². The number of aryl methyl sites for hydroxylation is 2. The Labute approximate surface area is 523 Å². The second-order valence-corrected chi connectivity index (χ2v) is 28.4. The normalized spacial score (nSPS) is 32.8. The van der Waals surface area contributed by atoms with Gasteiger partial charge in [0.1, 0.15) is 18.3 Å². The Kier molecular flexibility index (Phi) is 19.6. The van der Waals surface area contributed by atoms with Gasteiger partial charge < -0.3 is 69.4 Å². The zero-order valence-corrected chi connectivity index (χ0v) is 54.1. The monoisotopic (exact) mass is 1270 g/mol. The lowest BCUT2D eigenvalue weighted by Crippen LogP contribution is -2.56. The van der Waals surface area contributed by atoms with E-state index < -0.39 is 143 Å². The van der Waals surface area contributed by atoms with E-state index >= 15 is 0 Å². The van der Waals surface area contributed by atoms with Crippen molar-refractivity contribution in [3.05, 3.63) is 63.9 Å². The molecule has 1 aromatic heterocycles. The SMILES string of the molecule is CC1=C2N=C(C=C3N/C(=C(/C)C4=N[C@@](C)([C@@H]5N=C1[C@](C)(CCC(=O)NCC(C)OP(=O)(O)O[C@H]1[C@@H](O)[C@@H](n6cnc7cc(C)c(C)cc76)O[C@@H]1CO)[C@H]5CC(N)=O)[C@@](C)(CC(N)=O)[C@@H]4CCC(N)=O)[C@@](C)(CC(N)=O)[C@@H]3CCC(N)=O)C(C)(C)[C@@H]2CCC(N)=O. The van der Waals surface area contributed by atoms with Crippen molar-refractivity contribution in [1.29, 1.82) is 0 Å². The molecule has 28 heteroatoms. The van der Waals surface area contributed by atoms with E-state index in [0.717, 1.165) is 11.1 Å². The molecule has 2 aromatic rings. The first kappa shape index (κ1) is 68.9. The Morgan fingerprint density at radius 3 is 1.99 bits per heavy atom. The molecule has 2 fully saturated rings. The van der Waals surface area contributed by atoms with Crippen molar-refractivity contribution in [3.63, 3.8) is 0 Å². The minimum absolute atomic E-state index is 0.0114. The summed E-state index contributed by atoms with van der Waals surface area (Å²) in [6, 6.07) is 2.70. The third kappa shape index (κ3) is 13.0. The first-order valence-corrected chi connectivity index (χ1v) is 32.1. The van der Waals surface area contributed by atoms with Gasteiger partial charge in [0, 0.05) is 131 Å². The minimum Gasteiger partial charge on any atom is -0.394 e. The molecule has 17 N–H and O–H groups in total. The van der Waals surface area contributed by atoms with Crippen LogP contribution in [0.25, 0.3) is 11.0 Å². The fraction of sp³-hybridized carbons (Fsp3) is 0.629. The molecular formula is C62H90N13O14P. The van der Waals surface area contributed by atoms with Gasteiger partial charge in [-0.3, -0.25) is 57.6 Å². The lowest BCUT2D eigenvalue weighted by Gasteiger charge is -2.48. The first-order valence-electron chi connectivity index (χ1n) is 30.6. The van der Waals surface area contributed by atoms with Crippen molar-refractivity contribution >= 4 is 77.3 Å². The molecule has 6 aliphatic heterocycles. The lowest BCUT2D eigenvalue weighted by atomic mass is 9.55. The maximum atomic E-state index is 14.4. The number of nitrogens with zero attached hydrogens (tertiary/aromatic N) is 5. The molecule has 0 aliphatic carbocycles. The summed E-state index contributed by atoms with van der Waals surface area (Å²) in [6.07, 6.45) is -4.26. The number of aliphatic hydroxyl groups excluding tert-OH is 2. The summed E-state index contributed by atoms with van der Waals surface area (Å²) in [4.78, 5) is 126. The second-order valence-electron chi connectivity index (χ2n) is 27.1. The topological polar surface area (TPSA) is 460 Å². The summed E-state index contributed by atoms with van der Waals surface area (Å²) < 4.78 is 32.3. The second kappa shape index (κ2) is 25.6. The molecule has 8 rings (SSSR count). The van der Waals surface area contributed by atoms with E-state index in [0.29, 0.717) is 56.4 Å². The van der Waals surface area contributed by atoms with Crippen LogP contribution < -0.4 is 45.0 Å². The van der Waals surface area contributed by atoms with Crippen LogP contribution in [0.1, 0.15) is 150 Å². The molecule has 90 heavy (non-hydrogen) atoms. The fourth-order valence-electron chi connectivity index (χ4n) is 15.4. The van der Waals surface area contributed by atoms with Gasteiger partial charge in [-0.25, -0.2) is 9.55 Å². The number of primary amides is 6. The summed E-state index contributed by atoms with van der Waals surface area (Å²) in [7, 11) is -5.07. The van der Waals surface area contributed by atoms with Gasteiger partial charge in [0.25, 0.3) is 0 Å². The highest BCUT2D eigenvalue weighted by Crippen LogP contribution is 2.63. The number of carbonyl (C=O) groups excluding carboxylic acids is 7. The average molecular weight is 1270 g/mol. The Balaban J connectivity index is 1.19. The number of aromatic nitrogens is 2. The van der Waals surface area contributed by atoms with Gasteiger partial charge in [-0.15, -0.1) is 0 Å². The molecule has 492 valence electrons. The number of imidazole rings is 1. The number of aliphatic imine (C=N–C) groups is 3. The molecule has 15 atom stereocenters. The number of rotatable bonds is 26. The Morgan fingerprint density at radius 1 is 0.800 bits per heavy atom. The van der Waals surface area contributed by atoms with Gasteiger partial charge in [0.15, 0.2) is 6.23 Å². The quantitative estimate of drug-likeness (QED) is 0.0603. The van der Waals surface area contributed by atoms with E-state index in [1.807, 2.05) is 87.4 Å². The van der Waals surface area contributed by atoms with Crippen LogP contribution in [-0.2, 0) is 51.9 Å². The molecule has 7 amide bonds. The number of ether oxygens (including phenoxy) is 1. The Hall–Kier alpha value is -7.00. The summed E-state index contributed by atoms with van der Waals surface area (Å²) in [5, 5.41) is 28.2. The number of hydrogen-bond acceptors (Lipinski definition) is 18. The van der Waals surface area contributed by atoms with Crippen LogP contribution in [0.3, 0.4) is 0 Å². The average Bonchev–Trinajstić information content (AvgIpc) is 1.53. The van der Waals surface area contributed by atoms with Crippen LogP contribution >= 0.6 is 7.82 Å². The lowest BCUT2D eigenvalue weighted by molar-refractivity contribution is -0.124. The van der Waals surface area contributed by atoms with Gasteiger partial charge in [0.2, 0.25) is 41.4 Å². The van der Waals surface area contributed by atoms with Crippen LogP contribution in [0.5, 0.6) is 0 Å². The number of phosphoric acid groups is 1. The van der Waals surface area contributed by atoms with Crippen molar-refractivity contribution in [3.8, 4) is 0 Å². The third-order valence-corrected chi connectivity index (χ3v) is 21.7. The van der Waals surface area contributed by atoms with Crippen LogP contribution in [0, 0.1) is 59.2 Å². The maximum absolute atomic E-state index is 14.4. The summed E-state index contributed by atoms with van der Waals surface area (Å²) in [5.74, 6) is -7.18. The number of amides is 7. The van der Waals surface area contributed by atoms with Crippen molar-refractivity contribution in [2.24, 2.45) is 94.7 Å². The zero-order chi connectivity index (χ0) is 66.7. The highest BCUT2D eigenvalue weighted by molar-refractivity contribution is 7.47. The Bertz CT molecular complexity index is 3540. The van der Waals surface area contributed by atoms with Crippen LogP contribution in [0.15, 0.2) is 67.8 Å². The predicted molar refractivity (Wildman–Crippen MR) is 334 cm³/mol. The number of hydrogen-bond donors (Lipinski definition) is 11. The highest BCUT2D eigenvalue weighted by atomic mass is 31.2. The smallest absolute Gasteiger partial charge is 0.394 e. The predicted octanol–water partition coefficient (Wildman–Crippen LogP) is 3.16. The first-order chi connectivity index (χ1) is 41.8. The largest absolute Gasteiger partial charge is 0.472 e. The Morgan fingerprint density at radius 2 is 1.40 bits per heavy atom. The van der Waals surface area contributed by atoms with Gasteiger partial charge in [-0.2, -0.15) is 0 Å². The number of fused-ring (bicyclic) bond motifs is 7. The van der Waals surface area contributed by atoms with Crippen molar-refractivity contribution < 1.29 is 67.0 Å². The van der Waals surface area contributed by atoms with Crippen LogP contribution in [0.4, 0.5) is 0 Å². The van der Waals surface area contributed by atoms with Gasteiger partial charge >= 0.3 is 7.82 Å². The molecule has 6 aliphatic rings. The molecule has 8 bridgehead atoms. The summed E-state index contributed by atoms with van der Waals surface area (Å²) in [6.45, 7) is 19.3. The van der Waals surface area contributed by atoms with Gasteiger partial charge in [0.05, 0.1) is 41.7 Å². The zero-order valence-electron chi connectivity index (χ0n) is 53.3. The van der Waals surface area contributed by atoms with Crippen LogP contribution in [0.2, 0.25) is 0 Å². The molecule has 27 nitrogen and oxygen atoms in total. The third-order valence-electron chi connectivity index (χ3n) is 20.6. The van der Waals surface area contributed by atoms with Gasteiger partial charge in [-0.1, -0.05) is 34.6 Å². The number of allylic oxidation sites excluding steroid dienone is 6. The standard InChI is InChI=1S/C62H90N13O14P/c1-29-20-39-40(21-30(29)2)75(28-70-39)57-52(84)53(41(27-76)87-57)89-90(85,86)88-31(3)26-69-49(83)18-19-59(8)37(22-46(66)80)56-62(11)61(10,25-48(68)82)36(14-17-45(65)79)51(74-62)33(5)55-60(9,24-47(67)81)34(12-15-43(63)77)38(71-55)23-42-58(6,7)35(13-16-44(64)78)50(72-42)32(4)54(59)73-56/h20-21,23,28,31,34-37,41,52-53,56-57,71,76,84H,12-19,22,24-27H2,1-11H3,(H2,63,77)(H2,64,78)(H2,65,79)(H2,66,80)(H2,67,81)(H2,68,82)(H,69,83)(H,85,86)/b38-23?,50-32?,55-33-/t31?,34-,35-,36-,37+,41-,52-,53-,56-,57+,59-,60+,61+,62+/m1/s1. The number of nitrogens with one attached hydrogen (secondary N) is 2. The molecule has 0 saturated carbocycles. The summed E-state index contributed by atoms with van der Waals surface area (Å²) >= 11 is 0. The maximum Gasteiger partial charge on any atom is 0.472 e. The van der Waals surface area contributed by atoms with Crippen LogP contribution in [-0.4, -0.2) is 132 Å². The molecule has 0 radical (unpaired) electrons. The number of nitrogens with two attached hydrogens (primary N) is 6. The minimum atomic E-state index is -5.07. The molecule has 0 spiro atoms. The highest BCUT2D eigenvalue weighted by Gasteiger charge is 2.66.